The van der Waals surface area contributed by atoms with Gasteiger partial charge in [0.05, 0.1) is 0 Å². The maximum atomic E-state index is 5.82. The van der Waals surface area contributed by atoms with Crippen molar-refractivity contribution < 1.29 is 4.74 Å². The van der Waals surface area contributed by atoms with E-state index in [9.17, 15) is 0 Å². The van der Waals surface area contributed by atoms with Crippen LogP contribution in [0.3, 0.4) is 0 Å². The zero-order valence-electron chi connectivity index (χ0n) is 6.61. The molecular weight excluding hydrogens is 114 g/mol. The van der Waals surface area contributed by atoms with Crippen molar-refractivity contribution in [2.75, 3.05) is 13.7 Å². The Balaban J connectivity index is 3.33. The third kappa shape index (κ3) is 4.43. The Hall–Kier alpha value is -0.0800. The van der Waals surface area contributed by atoms with Gasteiger partial charge >= 0.3 is 0 Å². The predicted molar refractivity (Wildman–Crippen MR) is 39.4 cm³/mol. The van der Waals surface area contributed by atoms with Gasteiger partial charge in [0.25, 0.3) is 0 Å². The Morgan fingerprint density at radius 3 is 2.44 bits per heavy atom. The minimum Gasteiger partial charge on any atom is -0.385 e. The van der Waals surface area contributed by atoms with Crippen molar-refractivity contribution in [1.29, 1.82) is 0 Å². The molecule has 0 aromatic carbocycles. The monoisotopic (exact) mass is 131 g/mol. The normalized spacial score (nSPS) is 17.3. The quantitative estimate of drug-likeness (QED) is 0.621. The highest BCUT2D eigenvalue weighted by Gasteiger charge is 2.13. The van der Waals surface area contributed by atoms with Crippen LogP contribution in [0.2, 0.25) is 0 Å². The minimum absolute atomic E-state index is 0.0317. The second kappa shape index (κ2) is 3.85. The van der Waals surface area contributed by atoms with Crippen LogP contribution in [0.4, 0.5) is 0 Å². The van der Waals surface area contributed by atoms with Crippen molar-refractivity contribution in [2.24, 2.45) is 5.73 Å². The lowest BCUT2D eigenvalue weighted by Gasteiger charge is -2.21. The van der Waals surface area contributed by atoms with E-state index in [4.69, 9.17) is 10.5 Å². The molecule has 0 rings (SSSR count). The van der Waals surface area contributed by atoms with Crippen LogP contribution in [0.5, 0.6) is 0 Å². The van der Waals surface area contributed by atoms with Crippen LogP contribution < -0.4 is 5.73 Å². The summed E-state index contributed by atoms with van der Waals surface area (Å²) in [7, 11) is 1.70. The summed E-state index contributed by atoms with van der Waals surface area (Å²) in [5.41, 5.74) is 5.79. The predicted octanol–water partition coefficient (Wildman–Crippen LogP) is 1.15. The Kier molecular flexibility index (Phi) is 3.82. The van der Waals surface area contributed by atoms with E-state index in [1.54, 1.807) is 7.11 Å². The number of nitrogens with two attached hydrogens (primary N) is 1. The highest BCUT2D eigenvalue weighted by atomic mass is 16.5. The molecule has 0 fully saturated rings. The molecule has 2 nitrogen and oxygen atoms in total. The van der Waals surface area contributed by atoms with Gasteiger partial charge in [-0.15, -0.1) is 0 Å². The maximum absolute atomic E-state index is 5.82. The van der Waals surface area contributed by atoms with E-state index in [0.717, 1.165) is 19.4 Å². The minimum atomic E-state index is -0.0317. The molecule has 0 bridgehead atoms. The molecule has 0 amide bonds. The molecule has 9 heavy (non-hydrogen) atoms. The molecule has 0 aliphatic heterocycles. The van der Waals surface area contributed by atoms with Gasteiger partial charge in [0.1, 0.15) is 0 Å². The lowest BCUT2D eigenvalue weighted by atomic mass is 9.97. The number of hydrogen-bond acceptors (Lipinski definition) is 2. The highest BCUT2D eigenvalue weighted by Crippen LogP contribution is 2.08. The van der Waals surface area contributed by atoms with Crippen LogP contribution in [-0.2, 0) is 4.74 Å². The van der Waals surface area contributed by atoms with Crippen molar-refractivity contribution in [1.82, 2.24) is 0 Å². The van der Waals surface area contributed by atoms with Crippen LogP contribution in [0.15, 0.2) is 0 Å². The van der Waals surface area contributed by atoms with E-state index in [-0.39, 0.29) is 5.54 Å². The second-order valence-corrected chi connectivity index (χ2v) is 2.75. The Labute approximate surface area is 57.4 Å². The molecular formula is C7H17NO. The first kappa shape index (κ1) is 8.92. The zero-order chi connectivity index (χ0) is 7.33. The van der Waals surface area contributed by atoms with Gasteiger partial charge in [0.2, 0.25) is 0 Å². The lowest BCUT2D eigenvalue weighted by Crippen LogP contribution is -2.36. The molecule has 0 aromatic heterocycles. The average Bonchev–Trinajstić information content (AvgIpc) is 1.84. The van der Waals surface area contributed by atoms with Crippen molar-refractivity contribution in [3.8, 4) is 0 Å². The number of hydrogen-bond donors (Lipinski definition) is 1. The molecule has 0 spiro atoms. The fraction of sp³-hybridized carbons (Fsp3) is 1.00. The largest absolute Gasteiger partial charge is 0.385 e. The molecule has 0 aromatic rings. The molecule has 1 unspecified atom stereocenters. The summed E-state index contributed by atoms with van der Waals surface area (Å²) in [5, 5.41) is 0. The molecule has 0 saturated heterocycles. The summed E-state index contributed by atoms with van der Waals surface area (Å²) >= 11 is 0. The summed E-state index contributed by atoms with van der Waals surface area (Å²) in [6.07, 6.45) is 1.95. The molecule has 0 saturated carbocycles. The van der Waals surface area contributed by atoms with E-state index < -0.39 is 0 Å². The first-order chi connectivity index (χ1) is 4.12. The standard InChI is InChI=1S/C7H17NO/c1-4-7(2,8)5-6-9-3/h4-6,8H2,1-3H3. The summed E-state index contributed by atoms with van der Waals surface area (Å²) in [4.78, 5) is 0. The van der Waals surface area contributed by atoms with Crippen LogP contribution in [0, 0.1) is 0 Å². The van der Waals surface area contributed by atoms with Gasteiger partial charge in [-0.2, -0.15) is 0 Å². The molecule has 0 aliphatic carbocycles. The first-order valence-electron chi connectivity index (χ1n) is 3.40. The highest BCUT2D eigenvalue weighted by molar-refractivity contribution is 4.75. The Bertz CT molecular complexity index is 71.3. The van der Waals surface area contributed by atoms with Gasteiger partial charge in [0, 0.05) is 19.3 Å². The first-order valence-corrected chi connectivity index (χ1v) is 3.40. The van der Waals surface area contributed by atoms with Crippen molar-refractivity contribution in [2.45, 2.75) is 32.2 Å². The maximum Gasteiger partial charge on any atom is 0.0479 e. The smallest absolute Gasteiger partial charge is 0.0479 e. The molecule has 2 N–H and O–H groups in total. The van der Waals surface area contributed by atoms with Crippen LogP contribution in [0.1, 0.15) is 26.7 Å². The topological polar surface area (TPSA) is 35.2 Å². The molecule has 56 valence electrons. The summed E-state index contributed by atoms with van der Waals surface area (Å²) in [5.74, 6) is 0. The van der Waals surface area contributed by atoms with Crippen LogP contribution in [0.25, 0.3) is 0 Å². The molecule has 0 heterocycles. The Morgan fingerprint density at radius 1 is 1.56 bits per heavy atom. The number of ether oxygens (including phenoxy) is 1. The van der Waals surface area contributed by atoms with E-state index in [1.165, 1.54) is 0 Å². The third-order valence-electron chi connectivity index (χ3n) is 1.68. The van der Waals surface area contributed by atoms with Gasteiger partial charge < -0.3 is 10.5 Å². The average molecular weight is 131 g/mol. The second-order valence-electron chi connectivity index (χ2n) is 2.75. The molecule has 0 radical (unpaired) electrons. The van der Waals surface area contributed by atoms with Crippen LogP contribution >= 0.6 is 0 Å². The summed E-state index contributed by atoms with van der Waals surface area (Å²) < 4.78 is 4.90. The number of rotatable bonds is 4. The van der Waals surface area contributed by atoms with Gasteiger partial charge in [-0.1, -0.05) is 6.92 Å². The lowest BCUT2D eigenvalue weighted by molar-refractivity contribution is 0.170. The van der Waals surface area contributed by atoms with Crippen molar-refractivity contribution >= 4 is 0 Å². The van der Waals surface area contributed by atoms with Crippen molar-refractivity contribution in [3.63, 3.8) is 0 Å². The fourth-order valence-electron chi connectivity index (χ4n) is 0.512. The Morgan fingerprint density at radius 2 is 2.11 bits per heavy atom. The molecule has 1 atom stereocenters. The van der Waals surface area contributed by atoms with Crippen LogP contribution in [-0.4, -0.2) is 19.3 Å². The van der Waals surface area contributed by atoms with Gasteiger partial charge in [-0.25, -0.2) is 0 Å². The van der Waals surface area contributed by atoms with Gasteiger partial charge in [-0.05, 0) is 19.8 Å². The van der Waals surface area contributed by atoms with E-state index >= 15 is 0 Å². The number of methoxy groups -OCH3 is 1. The fourth-order valence-corrected chi connectivity index (χ4v) is 0.512. The van der Waals surface area contributed by atoms with Gasteiger partial charge in [0.15, 0.2) is 0 Å². The third-order valence-corrected chi connectivity index (χ3v) is 1.68. The van der Waals surface area contributed by atoms with E-state index in [1.807, 2.05) is 6.92 Å². The van der Waals surface area contributed by atoms with Gasteiger partial charge in [-0.3, -0.25) is 0 Å². The summed E-state index contributed by atoms with van der Waals surface area (Å²) in [6.45, 7) is 4.91. The molecule has 0 aliphatic rings. The SMILES string of the molecule is CCC(C)(N)CCOC. The summed E-state index contributed by atoms with van der Waals surface area (Å²) in [6, 6.07) is 0. The van der Waals surface area contributed by atoms with E-state index in [2.05, 4.69) is 6.92 Å². The van der Waals surface area contributed by atoms with Crippen molar-refractivity contribution in [3.05, 3.63) is 0 Å². The zero-order valence-corrected chi connectivity index (χ0v) is 6.61. The van der Waals surface area contributed by atoms with E-state index in [0.29, 0.717) is 0 Å². The molecule has 2 heteroatoms.